The lowest BCUT2D eigenvalue weighted by atomic mass is 10.1. The lowest BCUT2D eigenvalue weighted by Gasteiger charge is -2.31. The summed E-state index contributed by atoms with van der Waals surface area (Å²) in [4.78, 5) is 11.1. The number of aliphatic hydroxyl groups excluding tert-OH is 1. The molecule has 0 aliphatic carbocycles. The topological polar surface area (TPSA) is 53.7 Å². The second kappa shape index (κ2) is 5.42. The van der Waals surface area contributed by atoms with Gasteiger partial charge in [-0.25, -0.2) is 4.98 Å². The molecule has 1 saturated heterocycles. The van der Waals surface area contributed by atoms with Crippen LogP contribution in [0.15, 0.2) is 48.9 Å². The molecule has 0 amide bonds. The molecule has 112 valence electrons. The number of hydrogen-bond acceptors (Lipinski definition) is 4. The van der Waals surface area contributed by atoms with E-state index in [0.29, 0.717) is 0 Å². The van der Waals surface area contributed by atoms with E-state index in [-0.39, 0.29) is 6.10 Å². The van der Waals surface area contributed by atoms with E-state index < -0.39 is 0 Å². The molecule has 0 radical (unpaired) electrons. The van der Waals surface area contributed by atoms with Gasteiger partial charge in [0, 0.05) is 18.7 Å². The Labute approximate surface area is 128 Å². The van der Waals surface area contributed by atoms with Gasteiger partial charge in [-0.2, -0.15) is 0 Å². The van der Waals surface area contributed by atoms with Crippen LogP contribution in [0.4, 0.5) is 5.82 Å². The highest BCUT2D eigenvalue weighted by Gasteiger charge is 2.20. The van der Waals surface area contributed by atoms with E-state index in [0.717, 1.165) is 48.7 Å². The first-order chi connectivity index (χ1) is 10.8. The monoisotopic (exact) mass is 294 g/mol. The normalized spacial score (nSPS) is 16.3. The van der Waals surface area contributed by atoms with Gasteiger partial charge < -0.3 is 10.0 Å². The molecule has 0 spiro atoms. The number of piperidine rings is 1. The van der Waals surface area contributed by atoms with Gasteiger partial charge in [-0.15, -0.1) is 0 Å². The molecule has 1 fully saturated rings. The number of aliphatic hydroxyl groups is 1. The number of benzene rings is 1. The minimum atomic E-state index is -0.181. The third-order valence-electron chi connectivity index (χ3n) is 4.26. The Hall–Kier alpha value is -2.40. The van der Waals surface area contributed by atoms with Crippen molar-refractivity contribution in [1.29, 1.82) is 0 Å². The molecule has 1 aromatic carbocycles. The van der Waals surface area contributed by atoms with Gasteiger partial charge in [0.2, 0.25) is 0 Å². The van der Waals surface area contributed by atoms with Crippen LogP contribution in [0.2, 0.25) is 0 Å². The maximum atomic E-state index is 9.72. The molecule has 4 rings (SSSR count). The van der Waals surface area contributed by atoms with Crippen molar-refractivity contribution in [2.24, 2.45) is 0 Å². The predicted molar refractivity (Wildman–Crippen MR) is 85.9 cm³/mol. The third-order valence-corrected chi connectivity index (χ3v) is 4.26. The highest BCUT2D eigenvalue weighted by Crippen LogP contribution is 2.27. The van der Waals surface area contributed by atoms with Crippen molar-refractivity contribution < 1.29 is 5.11 Å². The zero-order valence-electron chi connectivity index (χ0n) is 12.3. The Morgan fingerprint density at radius 1 is 1.00 bits per heavy atom. The Bertz CT molecular complexity index is 776. The summed E-state index contributed by atoms with van der Waals surface area (Å²) in [6.07, 6.45) is 6.99. The maximum Gasteiger partial charge on any atom is 0.157 e. The van der Waals surface area contributed by atoms with E-state index in [1.54, 1.807) is 6.20 Å². The molecule has 1 aliphatic rings. The van der Waals surface area contributed by atoms with Gasteiger partial charge in [0.25, 0.3) is 0 Å². The van der Waals surface area contributed by atoms with Crippen LogP contribution >= 0.6 is 0 Å². The number of imidazole rings is 1. The second-order valence-corrected chi connectivity index (χ2v) is 5.69. The Morgan fingerprint density at radius 2 is 1.77 bits per heavy atom. The molecule has 1 N–H and O–H groups in total. The number of aromatic nitrogens is 3. The third kappa shape index (κ3) is 2.23. The van der Waals surface area contributed by atoms with Crippen molar-refractivity contribution >= 4 is 11.5 Å². The van der Waals surface area contributed by atoms with Crippen LogP contribution < -0.4 is 4.90 Å². The van der Waals surface area contributed by atoms with Crippen LogP contribution in [0.1, 0.15) is 12.8 Å². The molecule has 2 aromatic heterocycles. The average Bonchev–Trinajstić information content (AvgIpc) is 3.00. The molecule has 0 bridgehead atoms. The standard InChI is InChI=1S/C17H18N4O/c22-14-6-8-20(9-7-14)17-12-18-11-16-19-10-15(21(16)17)13-4-2-1-3-5-13/h1-5,10-12,14,22H,6-9H2. The van der Waals surface area contributed by atoms with Crippen LogP contribution in [0.5, 0.6) is 0 Å². The molecular formula is C17H18N4O. The summed E-state index contributed by atoms with van der Waals surface area (Å²) >= 11 is 0. The summed E-state index contributed by atoms with van der Waals surface area (Å²) < 4.78 is 2.15. The van der Waals surface area contributed by atoms with E-state index in [2.05, 4.69) is 31.4 Å². The van der Waals surface area contributed by atoms with Crippen LogP contribution in [-0.2, 0) is 0 Å². The highest BCUT2D eigenvalue weighted by atomic mass is 16.3. The van der Waals surface area contributed by atoms with Gasteiger partial charge in [0.05, 0.1) is 30.4 Å². The first kappa shape index (κ1) is 13.3. The zero-order chi connectivity index (χ0) is 14.9. The maximum absolute atomic E-state index is 9.72. The lowest BCUT2D eigenvalue weighted by Crippen LogP contribution is -2.36. The fourth-order valence-electron chi connectivity index (χ4n) is 3.06. The van der Waals surface area contributed by atoms with Crippen LogP contribution in [0.25, 0.3) is 16.9 Å². The molecule has 3 aromatic rings. The second-order valence-electron chi connectivity index (χ2n) is 5.69. The molecule has 22 heavy (non-hydrogen) atoms. The van der Waals surface area contributed by atoms with Crippen molar-refractivity contribution in [2.75, 3.05) is 18.0 Å². The number of hydrogen-bond donors (Lipinski definition) is 1. The van der Waals surface area contributed by atoms with Gasteiger partial charge in [0.1, 0.15) is 5.82 Å². The summed E-state index contributed by atoms with van der Waals surface area (Å²) in [6.45, 7) is 1.68. The van der Waals surface area contributed by atoms with Gasteiger partial charge >= 0.3 is 0 Å². The minimum Gasteiger partial charge on any atom is -0.393 e. The van der Waals surface area contributed by atoms with E-state index in [9.17, 15) is 5.11 Å². The first-order valence-electron chi connectivity index (χ1n) is 7.63. The van der Waals surface area contributed by atoms with Gasteiger partial charge in [-0.1, -0.05) is 30.3 Å². The minimum absolute atomic E-state index is 0.181. The number of fused-ring (bicyclic) bond motifs is 1. The summed E-state index contributed by atoms with van der Waals surface area (Å²) in [6, 6.07) is 10.3. The number of anilines is 1. The van der Waals surface area contributed by atoms with E-state index >= 15 is 0 Å². The van der Waals surface area contributed by atoms with Gasteiger partial charge in [-0.3, -0.25) is 9.38 Å². The fourth-order valence-corrected chi connectivity index (χ4v) is 3.06. The van der Waals surface area contributed by atoms with Crippen LogP contribution in [0.3, 0.4) is 0 Å². The first-order valence-corrected chi connectivity index (χ1v) is 7.63. The highest BCUT2D eigenvalue weighted by molar-refractivity contribution is 5.66. The molecule has 0 saturated carbocycles. The quantitative estimate of drug-likeness (QED) is 0.788. The molecule has 0 atom stereocenters. The zero-order valence-corrected chi connectivity index (χ0v) is 12.3. The number of rotatable bonds is 2. The summed E-state index contributed by atoms with van der Waals surface area (Å²) in [5, 5.41) is 9.72. The largest absolute Gasteiger partial charge is 0.393 e. The predicted octanol–water partition coefficient (Wildman–Crippen LogP) is 2.36. The lowest BCUT2D eigenvalue weighted by molar-refractivity contribution is 0.145. The SMILES string of the molecule is OC1CCN(c2cncc3ncc(-c4ccccc4)n23)CC1. The molecule has 1 aliphatic heterocycles. The molecule has 3 heterocycles. The van der Waals surface area contributed by atoms with Gasteiger partial charge in [0.15, 0.2) is 5.65 Å². The van der Waals surface area contributed by atoms with E-state index in [1.807, 2.05) is 30.6 Å². The van der Waals surface area contributed by atoms with Crippen molar-refractivity contribution in [3.8, 4) is 11.3 Å². The Kier molecular flexibility index (Phi) is 3.27. The molecule has 5 heteroatoms. The Balaban J connectivity index is 1.83. The summed E-state index contributed by atoms with van der Waals surface area (Å²) in [5.41, 5.74) is 3.06. The number of nitrogens with zero attached hydrogens (tertiary/aromatic N) is 4. The Morgan fingerprint density at radius 3 is 2.55 bits per heavy atom. The van der Waals surface area contributed by atoms with Crippen LogP contribution in [0, 0.1) is 0 Å². The van der Waals surface area contributed by atoms with Crippen molar-refractivity contribution in [3.63, 3.8) is 0 Å². The van der Waals surface area contributed by atoms with Crippen molar-refractivity contribution in [2.45, 2.75) is 18.9 Å². The van der Waals surface area contributed by atoms with Crippen LogP contribution in [-0.4, -0.2) is 38.7 Å². The van der Waals surface area contributed by atoms with E-state index in [4.69, 9.17) is 0 Å². The summed E-state index contributed by atoms with van der Waals surface area (Å²) in [5.74, 6) is 1.04. The fraction of sp³-hybridized carbons (Fsp3) is 0.294. The average molecular weight is 294 g/mol. The van der Waals surface area contributed by atoms with Crippen molar-refractivity contribution in [1.82, 2.24) is 14.4 Å². The smallest absolute Gasteiger partial charge is 0.157 e. The van der Waals surface area contributed by atoms with Gasteiger partial charge in [-0.05, 0) is 12.8 Å². The van der Waals surface area contributed by atoms with Crippen molar-refractivity contribution in [3.05, 3.63) is 48.9 Å². The van der Waals surface area contributed by atoms with E-state index in [1.165, 1.54) is 0 Å². The molecule has 5 nitrogen and oxygen atoms in total. The molecule has 0 unspecified atom stereocenters. The summed E-state index contributed by atoms with van der Waals surface area (Å²) in [7, 11) is 0. The molecular weight excluding hydrogens is 276 g/mol.